The van der Waals surface area contributed by atoms with Crippen molar-refractivity contribution in [2.75, 3.05) is 5.32 Å². The maximum atomic E-state index is 11.9. The zero-order valence-corrected chi connectivity index (χ0v) is 12.9. The first kappa shape index (κ1) is 16.7. The van der Waals surface area contributed by atoms with Gasteiger partial charge in [-0.3, -0.25) is 4.79 Å². The summed E-state index contributed by atoms with van der Waals surface area (Å²) in [7, 11) is -3.80. The molecule has 0 aliphatic heterocycles. The van der Waals surface area contributed by atoms with E-state index in [1.54, 1.807) is 0 Å². The number of nitrogens with one attached hydrogen (secondary N) is 1. The number of benzene rings is 1. The van der Waals surface area contributed by atoms with Gasteiger partial charge in [0.1, 0.15) is 0 Å². The van der Waals surface area contributed by atoms with E-state index in [-0.39, 0.29) is 10.7 Å². The largest absolute Gasteiger partial charge is 0.457 e. The molecule has 23 heavy (non-hydrogen) atoms. The summed E-state index contributed by atoms with van der Waals surface area (Å²) < 4.78 is 32.1. The molecular formula is C14H14N2O6S. The van der Waals surface area contributed by atoms with Crippen LogP contribution in [0.2, 0.25) is 0 Å². The predicted octanol–water partition coefficient (Wildman–Crippen LogP) is 1.11. The van der Waals surface area contributed by atoms with Crippen molar-refractivity contribution in [2.45, 2.75) is 17.9 Å². The molecular weight excluding hydrogens is 324 g/mol. The number of primary sulfonamides is 1. The van der Waals surface area contributed by atoms with Gasteiger partial charge in [0.25, 0.3) is 5.91 Å². The lowest BCUT2D eigenvalue weighted by atomic mass is 10.3. The molecule has 3 N–H and O–H groups in total. The average Bonchev–Trinajstić information content (AvgIpc) is 3.01. The standard InChI is InChI=1S/C14H14N2O6S/c1-9(22-14(18)12-3-2-8-21-12)13(17)16-10-4-6-11(7-5-10)23(15,19)20/h2-9H,1H3,(H,16,17)(H2,15,19,20). The Morgan fingerprint density at radius 3 is 2.39 bits per heavy atom. The Morgan fingerprint density at radius 2 is 1.87 bits per heavy atom. The van der Waals surface area contributed by atoms with Crippen LogP contribution in [0.3, 0.4) is 0 Å². The summed E-state index contributed by atoms with van der Waals surface area (Å²) in [5, 5.41) is 7.46. The number of ether oxygens (including phenoxy) is 1. The Hall–Kier alpha value is -2.65. The third-order valence-electron chi connectivity index (χ3n) is 2.83. The lowest BCUT2D eigenvalue weighted by Gasteiger charge is -2.12. The van der Waals surface area contributed by atoms with E-state index in [4.69, 9.17) is 14.3 Å². The van der Waals surface area contributed by atoms with E-state index in [2.05, 4.69) is 5.32 Å². The lowest BCUT2D eigenvalue weighted by Crippen LogP contribution is -2.29. The van der Waals surface area contributed by atoms with E-state index in [0.717, 1.165) is 0 Å². The fourth-order valence-corrected chi connectivity index (χ4v) is 2.15. The molecule has 1 unspecified atom stereocenters. The Bertz CT molecular complexity index is 796. The summed E-state index contributed by atoms with van der Waals surface area (Å²) in [5.74, 6) is -1.35. The Balaban J connectivity index is 1.97. The Kier molecular flexibility index (Phi) is 4.82. The van der Waals surface area contributed by atoms with Crippen molar-refractivity contribution in [3.05, 3.63) is 48.4 Å². The highest BCUT2D eigenvalue weighted by molar-refractivity contribution is 7.89. The van der Waals surface area contributed by atoms with Crippen molar-refractivity contribution in [3.8, 4) is 0 Å². The second-order valence-corrected chi connectivity index (χ2v) is 6.14. The number of hydrogen-bond donors (Lipinski definition) is 2. The Morgan fingerprint density at radius 1 is 1.22 bits per heavy atom. The van der Waals surface area contributed by atoms with Crippen LogP contribution in [-0.4, -0.2) is 26.4 Å². The second kappa shape index (κ2) is 6.63. The molecule has 1 amide bonds. The van der Waals surface area contributed by atoms with Gasteiger partial charge in [-0.15, -0.1) is 0 Å². The number of sulfonamides is 1. The van der Waals surface area contributed by atoms with Crippen molar-refractivity contribution >= 4 is 27.6 Å². The molecule has 0 radical (unpaired) electrons. The monoisotopic (exact) mass is 338 g/mol. The predicted molar refractivity (Wildman–Crippen MR) is 80.0 cm³/mol. The SMILES string of the molecule is CC(OC(=O)c1ccco1)C(=O)Nc1ccc(S(N)(=O)=O)cc1. The van der Waals surface area contributed by atoms with E-state index in [1.165, 1.54) is 49.6 Å². The normalized spacial score (nSPS) is 12.4. The van der Waals surface area contributed by atoms with Gasteiger partial charge >= 0.3 is 5.97 Å². The molecule has 1 aromatic carbocycles. The first-order valence-corrected chi connectivity index (χ1v) is 8.00. The van der Waals surface area contributed by atoms with Crippen LogP contribution in [0.15, 0.2) is 52.0 Å². The van der Waals surface area contributed by atoms with Crippen LogP contribution in [0.5, 0.6) is 0 Å². The van der Waals surface area contributed by atoms with Gasteiger partial charge in [0, 0.05) is 5.69 Å². The molecule has 9 heteroatoms. The molecule has 0 fully saturated rings. The highest BCUT2D eigenvalue weighted by Gasteiger charge is 2.20. The van der Waals surface area contributed by atoms with Crippen LogP contribution >= 0.6 is 0 Å². The smallest absolute Gasteiger partial charge is 0.374 e. The summed E-state index contributed by atoms with van der Waals surface area (Å²) in [6.45, 7) is 1.40. The lowest BCUT2D eigenvalue weighted by molar-refractivity contribution is -0.123. The number of amides is 1. The van der Waals surface area contributed by atoms with Crippen molar-refractivity contribution in [1.29, 1.82) is 0 Å². The fraction of sp³-hybridized carbons (Fsp3) is 0.143. The third kappa shape index (κ3) is 4.41. The van der Waals surface area contributed by atoms with Crippen molar-refractivity contribution in [1.82, 2.24) is 0 Å². The minimum atomic E-state index is -3.80. The zero-order valence-electron chi connectivity index (χ0n) is 12.1. The number of carbonyl (C=O) groups excluding carboxylic acids is 2. The second-order valence-electron chi connectivity index (χ2n) is 4.58. The zero-order chi connectivity index (χ0) is 17.0. The van der Waals surface area contributed by atoms with Crippen LogP contribution in [0, 0.1) is 0 Å². The summed E-state index contributed by atoms with van der Waals surface area (Å²) in [6, 6.07) is 8.19. The van der Waals surface area contributed by atoms with Gasteiger partial charge in [0.2, 0.25) is 15.8 Å². The van der Waals surface area contributed by atoms with Gasteiger partial charge in [-0.2, -0.15) is 0 Å². The van der Waals surface area contributed by atoms with Gasteiger partial charge in [0.15, 0.2) is 6.10 Å². The molecule has 0 aliphatic rings. The summed E-state index contributed by atoms with van der Waals surface area (Å²) in [4.78, 5) is 23.5. The molecule has 122 valence electrons. The van der Waals surface area contributed by atoms with E-state index in [0.29, 0.717) is 5.69 Å². The highest BCUT2D eigenvalue weighted by Crippen LogP contribution is 2.13. The van der Waals surface area contributed by atoms with Gasteiger partial charge in [0.05, 0.1) is 11.2 Å². The maximum Gasteiger partial charge on any atom is 0.374 e. The van der Waals surface area contributed by atoms with Gasteiger partial charge in [-0.1, -0.05) is 0 Å². The molecule has 2 aromatic rings. The number of furan rings is 1. The van der Waals surface area contributed by atoms with Crippen LogP contribution in [0.4, 0.5) is 5.69 Å². The summed E-state index contributed by atoms with van der Waals surface area (Å²) in [6.07, 6.45) is 0.250. The van der Waals surface area contributed by atoms with Crippen molar-refractivity contribution in [3.63, 3.8) is 0 Å². The van der Waals surface area contributed by atoms with E-state index in [9.17, 15) is 18.0 Å². The third-order valence-corrected chi connectivity index (χ3v) is 3.76. The van der Waals surface area contributed by atoms with Gasteiger partial charge in [-0.05, 0) is 43.3 Å². The number of carbonyl (C=O) groups is 2. The minimum Gasteiger partial charge on any atom is -0.457 e. The molecule has 1 atom stereocenters. The minimum absolute atomic E-state index is 0.0119. The van der Waals surface area contributed by atoms with E-state index in [1.807, 2.05) is 0 Å². The van der Waals surface area contributed by atoms with Crippen LogP contribution in [0.1, 0.15) is 17.5 Å². The first-order chi connectivity index (χ1) is 10.8. The fourth-order valence-electron chi connectivity index (χ4n) is 1.64. The van der Waals surface area contributed by atoms with Crippen LogP contribution < -0.4 is 10.5 Å². The molecule has 0 bridgehead atoms. The van der Waals surface area contributed by atoms with E-state index >= 15 is 0 Å². The first-order valence-electron chi connectivity index (χ1n) is 6.45. The average molecular weight is 338 g/mol. The quantitative estimate of drug-likeness (QED) is 0.786. The number of rotatable bonds is 5. The number of anilines is 1. The number of esters is 1. The number of nitrogens with two attached hydrogens (primary N) is 1. The molecule has 0 aliphatic carbocycles. The molecule has 2 rings (SSSR count). The molecule has 0 spiro atoms. The Labute approximate surface area is 132 Å². The maximum absolute atomic E-state index is 11.9. The van der Waals surface area contributed by atoms with Crippen LogP contribution in [0.25, 0.3) is 0 Å². The molecule has 0 saturated heterocycles. The van der Waals surface area contributed by atoms with Crippen LogP contribution in [-0.2, 0) is 19.6 Å². The van der Waals surface area contributed by atoms with Gasteiger partial charge in [-0.25, -0.2) is 18.4 Å². The summed E-state index contributed by atoms with van der Waals surface area (Å²) in [5.41, 5.74) is 0.336. The molecule has 0 saturated carbocycles. The highest BCUT2D eigenvalue weighted by atomic mass is 32.2. The summed E-state index contributed by atoms with van der Waals surface area (Å²) >= 11 is 0. The molecule has 8 nitrogen and oxygen atoms in total. The topological polar surface area (TPSA) is 129 Å². The van der Waals surface area contributed by atoms with Crippen molar-refractivity contribution < 1.29 is 27.2 Å². The van der Waals surface area contributed by atoms with Crippen molar-refractivity contribution in [2.24, 2.45) is 5.14 Å². The van der Waals surface area contributed by atoms with Gasteiger partial charge < -0.3 is 14.5 Å². The molecule has 1 heterocycles. The van der Waals surface area contributed by atoms with E-state index < -0.39 is 28.0 Å². The number of hydrogen-bond acceptors (Lipinski definition) is 6. The molecule has 1 aromatic heterocycles.